The molecule has 0 spiro atoms. The molecule has 4 heteroatoms. The normalized spacial score (nSPS) is 21.2. The zero-order valence-corrected chi connectivity index (χ0v) is 10.1. The fraction of sp³-hybridized carbons (Fsp3) is 0.750. The van der Waals surface area contributed by atoms with E-state index in [9.17, 15) is 5.11 Å². The third-order valence-corrected chi connectivity index (χ3v) is 4.15. The van der Waals surface area contributed by atoms with Crippen molar-refractivity contribution in [1.29, 1.82) is 0 Å². The van der Waals surface area contributed by atoms with Gasteiger partial charge in [0.25, 0.3) is 0 Å². The van der Waals surface area contributed by atoms with Crippen molar-refractivity contribution in [3.8, 4) is 0 Å². The van der Waals surface area contributed by atoms with Crippen LogP contribution in [0.1, 0.15) is 43.0 Å². The third-order valence-electron chi connectivity index (χ3n) is 4.15. The van der Waals surface area contributed by atoms with Crippen LogP contribution in [0.2, 0.25) is 0 Å². The summed E-state index contributed by atoms with van der Waals surface area (Å²) in [5.74, 6) is 0. The maximum Gasteiger partial charge on any atom is 0.0891 e. The van der Waals surface area contributed by atoms with Gasteiger partial charge < -0.3 is 10.8 Å². The molecule has 16 heavy (non-hydrogen) atoms. The highest BCUT2D eigenvalue weighted by molar-refractivity contribution is 5.22. The van der Waals surface area contributed by atoms with Crippen LogP contribution in [0.4, 0.5) is 0 Å². The van der Waals surface area contributed by atoms with Gasteiger partial charge in [0.1, 0.15) is 0 Å². The van der Waals surface area contributed by atoms with Gasteiger partial charge in [0.05, 0.1) is 12.3 Å². The van der Waals surface area contributed by atoms with E-state index in [0.717, 1.165) is 24.1 Å². The first-order valence-corrected chi connectivity index (χ1v) is 5.97. The average Bonchev–Trinajstić information content (AvgIpc) is 2.88. The largest absolute Gasteiger partial charge is 0.388 e. The molecule has 1 heterocycles. The van der Waals surface area contributed by atoms with Crippen molar-refractivity contribution in [2.45, 2.75) is 38.7 Å². The van der Waals surface area contributed by atoms with E-state index in [1.165, 1.54) is 12.8 Å². The van der Waals surface area contributed by atoms with E-state index in [1.807, 2.05) is 14.0 Å². The molecule has 1 unspecified atom stereocenters. The zero-order chi connectivity index (χ0) is 11.8. The molecule has 1 aliphatic rings. The summed E-state index contributed by atoms with van der Waals surface area (Å²) in [7, 11) is 1.90. The summed E-state index contributed by atoms with van der Waals surface area (Å²) in [6.07, 6.45) is 5.71. The molecular formula is C12H21N3O. The number of nitrogens with two attached hydrogens (primary N) is 1. The highest BCUT2D eigenvalue weighted by atomic mass is 16.3. The minimum Gasteiger partial charge on any atom is -0.388 e. The monoisotopic (exact) mass is 223 g/mol. The van der Waals surface area contributed by atoms with Gasteiger partial charge in [-0.05, 0) is 19.8 Å². The zero-order valence-electron chi connectivity index (χ0n) is 10.1. The number of hydrogen-bond acceptors (Lipinski definition) is 3. The number of nitrogens with zero attached hydrogens (tertiary/aromatic N) is 2. The lowest BCUT2D eigenvalue weighted by molar-refractivity contribution is 0.0328. The second kappa shape index (κ2) is 4.18. The molecule has 4 nitrogen and oxygen atoms in total. The van der Waals surface area contributed by atoms with Gasteiger partial charge >= 0.3 is 0 Å². The molecule has 3 N–H and O–H groups in total. The Kier molecular flexibility index (Phi) is 3.04. The van der Waals surface area contributed by atoms with Crippen molar-refractivity contribution in [1.82, 2.24) is 9.78 Å². The summed E-state index contributed by atoms with van der Waals surface area (Å²) in [6, 6.07) is 0. The van der Waals surface area contributed by atoms with E-state index in [-0.39, 0.29) is 5.41 Å². The standard InChI is InChI=1S/C12H21N3O/c1-9-10(7-14-15(9)2)11(16)12(8-13)5-3-4-6-12/h7,11,16H,3-6,8,13H2,1-2H3. The Hall–Kier alpha value is -0.870. The highest BCUT2D eigenvalue weighted by Gasteiger charge is 2.41. The van der Waals surface area contributed by atoms with Crippen LogP contribution < -0.4 is 5.73 Å². The Morgan fingerprint density at radius 3 is 2.62 bits per heavy atom. The minimum absolute atomic E-state index is 0.117. The van der Waals surface area contributed by atoms with Gasteiger partial charge in [-0.3, -0.25) is 4.68 Å². The molecule has 0 aromatic carbocycles. The van der Waals surface area contributed by atoms with Crippen molar-refractivity contribution in [2.24, 2.45) is 18.2 Å². The Bertz CT molecular complexity index is 366. The summed E-state index contributed by atoms with van der Waals surface area (Å²) in [5, 5.41) is 14.7. The van der Waals surface area contributed by atoms with E-state index >= 15 is 0 Å². The molecule has 0 amide bonds. The molecule has 1 aromatic heterocycles. The van der Waals surface area contributed by atoms with Crippen LogP contribution in [0.15, 0.2) is 6.20 Å². The molecule has 2 rings (SSSR count). The minimum atomic E-state index is -0.464. The molecule has 1 aromatic rings. The summed E-state index contributed by atoms with van der Waals surface area (Å²) >= 11 is 0. The van der Waals surface area contributed by atoms with E-state index in [4.69, 9.17) is 5.73 Å². The van der Waals surface area contributed by atoms with Gasteiger partial charge in [0.2, 0.25) is 0 Å². The van der Waals surface area contributed by atoms with Crippen molar-refractivity contribution in [3.63, 3.8) is 0 Å². The van der Waals surface area contributed by atoms with Gasteiger partial charge in [-0.25, -0.2) is 0 Å². The van der Waals surface area contributed by atoms with Crippen molar-refractivity contribution >= 4 is 0 Å². The molecule has 0 radical (unpaired) electrons. The lowest BCUT2D eigenvalue weighted by atomic mass is 9.77. The van der Waals surface area contributed by atoms with Gasteiger partial charge in [0.15, 0.2) is 0 Å². The lowest BCUT2D eigenvalue weighted by Gasteiger charge is -2.32. The van der Waals surface area contributed by atoms with Crippen molar-refractivity contribution in [3.05, 3.63) is 17.5 Å². The van der Waals surface area contributed by atoms with E-state index in [1.54, 1.807) is 10.9 Å². The number of aromatic nitrogens is 2. The molecular weight excluding hydrogens is 202 g/mol. The molecule has 1 aliphatic carbocycles. The van der Waals surface area contributed by atoms with Gasteiger partial charge in [-0.2, -0.15) is 5.10 Å². The number of aliphatic hydroxyl groups excluding tert-OH is 1. The first-order chi connectivity index (χ1) is 7.60. The Morgan fingerprint density at radius 2 is 2.19 bits per heavy atom. The molecule has 1 saturated carbocycles. The van der Waals surface area contributed by atoms with Crippen LogP contribution in [0.3, 0.4) is 0 Å². The SMILES string of the molecule is Cc1c(C(O)C2(CN)CCCC2)cnn1C. The smallest absolute Gasteiger partial charge is 0.0891 e. The first-order valence-electron chi connectivity index (χ1n) is 5.97. The van der Waals surface area contributed by atoms with E-state index < -0.39 is 6.10 Å². The van der Waals surface area contributed by atoms with Gasteiger partial charge in [0, 0.05) is 30.3 Å². The molecule has 1 atom stereocenters. The lowest BCUT2D eigenvalue weighted by Crippen LogP contribution is -2.34. The predicted molar refractivity (Wildman–Crippen MR) is 62.9 cm³/mol. The van der Waals surface area contributed by atoms with Gasteiger partial charge in [-0.15, -0.1) is 0 Å². The van der Waals surface area contributed by atoms with E-state index in [0.29, 0.717) is 6.54 Å². The Morgan fingerprint density at radius 1 is 1.56 bits per heavy atom. The maximum absolute atomic E-state index is 10.5. The van der Waals surface area contributed by atoms with Crippen LogP contribution in [-0.4, -0.2) is 21.4 Å². The Labute approximate surface area is 96.5 Å². The average molecular weight is 223 g/mol. The maximum atomic E-state index is 10.5. The first kappa shape index (κ1) is 11.6. The summed E-state index contributed by atoms with van der Waals surface area (Å²) in [5.41, 5.74) is 7.73. The van der Waals surface area contributed by atoms with Crippen molar-refractivity contribution in [2.75, 3.05) is 6.54 Å². The number of aliphatic hydroxyl groups is 1. The molecule has 0 saturated heterocycles. The number of aryl methyl sites for hydroxylation is 1. The summed E-state index contributed by atoms with van der Waals surface area (Å²) < 4.78 is 1.80. The highest BCUT2D eigenvalue weighted by Crippen LogP contribution is 2.47. The van der Waals surface area contributed by atoms with E-state index in [2.05, 4.69) is 5.10 Å². The van der Waals surface area contributed by atoms with Crippen LogP contribution in [0.5, 0.6) is 0 Å². The predicted octanol–water partition coefficient (Wildman–Crippen LogP) is 1.28. The quantitative estimate of drug-likeness (QED) is 0.811. The topological polar surface area (TPSA) is 64.1 Å². The van der Waals surface area contributed by atoms with Gasteiger partial charge in [-0.1, -0.05) is 12.8 Å². The Balaban J connectivity index is 2.30. The second-order valence-corrected chi connectivity index (χ2v) is 4.99. The molecule has 0 aliphatic heterocycles. The molecule has 90 valence electrons. The van der Waals surface area contributed by atoms with Crippen LogP contribution in [0, 0.1) is 12.3 Å². The van der Waals surface area contributed by atoms with Crippen LogP contribution in [-0.2, 0) is 7.05 Å². The van der Waals surface area contributed by atoms with Crippen LogP contribution in [0.25, 0.3) is 0 Å². The fourth-order valence-corrected chi connectivity index (χ4v) is 2.78. The number of rotatable bonds is 3. The summed E-state index contributed by atoms with van der Waals surface area (Å²) in [4.78, 5) is 0. The van der Waals surface area contributed by atoms with Crippen LogP contribution >= 0.6 is 0 Å². The number of hydrogen-bond donors (Lipinski definition) is 2. The molecule has 0 bridgehead atoms. The molecule has 1 fully saturated rings. The van der Waals surface area contributed by atoms with Crippen molar-refractivity contribution < 1.29 is 5.11 Å². The third kappa shape index (κ3) is 1.66. The second-order valence-electron chi connectivity index (χ2n) is 4.99. The fourth-order valence-electron chi connectivity index (χ4n) is 2.78. The summed E-state index contributed by atoms with van der Waals surface area (Å²) in [6.45, 7) is 2.55.